The van der Waals surface area contributed by atoms with Gasteiger partial charge in [0, 0.05) is 17.9 Å². The van der Waals surface area contributed by atoms with E-state index < -0.39 is 0 Å². The summed E-state index contributed by atoms with van der Waals surface area (Å²) in [6.07, 6.45) is 0. The standard InChI is InChI=1S/C21H21N.3C2H6/c1-17-8-12-19(13-9-17)16-22(20-6-4-3-5-7-20)21-14-10-18(2)11-15-21;3*1-2/h3-15H,16H2,1-2H3;3*1-2H3. The SMILES string of the molecule is CC.CC.CC.Cc1ccc(CN(c2ccccc2)c2ccc(C)cc2)cc1. The Morgan fingerprint density at radius 1 is 0.500 bits per heavy atom. The van der Waals surface area contributed by atoms with Gasteiger partial charge in [0.25, 0.3) is 0 Å². The summed E-state index contributed by atoms with van der Waals surface area (Å²) in [5.74, 6) is 0. The third kappa shape index (κ3) is 8.43. The van der Waals surface area contributed by atoms with Crippen LogP contribution in [0.1, 0.15) is 58.2 Å². The average Bonchev–Trinajstić information content (AvgIpc) is 2.79. The number of benzene rings is 3. The van der Waals surface area contributed by atoms with Crippen LogP contribution < -0.4 is 4.90 Å². The lowest BCUT2D eigenvalue weighted by molar-refractivity contribution is 0.974. The van der Waals surface area contributed by atoms with Crippen LogP contribution in [0.2, 0.25) is 0 Å². The van der Waals surface area contributed by atoms with Crippen LogP contribution in [0.15, 0.2) is 78.9 Å². The Kier molecular flexibility index (Phi) is 14.1. The second kappa shape index (κ2) is 15.5. The van der Waals surface area contributed by atoms with Gasteiger partial charge in [-0.15, -0.1) is 0 Å². The molecule has 0 atom stereocenters. The van der Waals surface area contributed by atoms with E-state index in [0.717, 1.165) is 6.54 Å². The molecular formula is C27H39N. The van der Waals surface area contributed by atoms with E-state index in [1.807, 2.05) is 41.5 Å². The largest absolute Gasteiger partial charge is 0.337 e. The zero-order valence-corrected chi connectivity index (χ0v) is 19.2. The molecule has 0 radical (unpaired) electrons. The molecule has 1 nitrogen and oxygen atoms in total. The minimum absolute atomic E-state index is 0.868. The summed E-state index contributed by atoms with van der Waals surface area (Å²) in [6, 6.07) is 28.0. The van der Waals surface area contributed by atoms with E-state index in [2.05, 4.69) is 97.6 Å². The van der Waals surface area contributed by atoms with Crippen molar-refractivity contribution in [2.45, 2.75) is 61.9 Å². The lowest BCUT2D eigenvalue weighted by Crippen LogP contribution is -2.16. The molecule has 0 saturated carbocycles. The Balaban J connectivity index is 0.00000111. The summed E-state index contributed by atoms with van der Waals surface area (Å²) >= 11 is 0. The van der Waals surface area contributed by atoms with E-state index in [1.165, 1.54) is 28.1 Å². The van der Waals surface area contributed by atoms with Gasteiger partial charge < -0.3 is 4.90 Å². The van der Waals surface area contributed by atoms with E-state index in [-0.39, 0.29) is 0 Å². The van der Waals surface area contributed by atoms with E-state index in [9.17, 15) is 0 Å². The molecule has 0 unspecified atom stereocenters. The molecule has 1 heteroatoms. The van der Waals surface area contributed by atoms with E-state index in [4.69, 9.17) is 0 Å². The van der Waals surface area contributed by atoms with E-state index in [0.29, 0.717) is 0 Å². The van der Waals surface area contributed by atoms with Gasteiger partial charge in [-0.1, -0.05) is 107 Å². The van der Waals surface area contributed by atoms with E-state index >= 15 is 0 Å². The predicted molar refractivity (Wildman–Crippen MR) is 129 cm³/mol. The number of rotatable bonds is 4. The van der Waals surface area contributed by atoms with Gasteiger partial charge >= 0.3 is 0 Å². The lowest BCUT2D eigenvalue weighted by atomic mass is 10.1. The average molecular weight is 378 g/mol. The molecule has 0 amide bonds. The first kappa shape index (κ1) is 25.5. The lowest BCUT2D eigenvalue weighted by Gasteiger charge is -2.25. The van der Waals surface area contributed by atoms with Crippen molar-refractivity contribution in [1.82, 2.24) is 0 Å². The Hall–Kier alpha value is -2.54. The van der Waals surface area contributed by atoms with Crippen molar-refractivity contribution in [3.63, 3.8) is 0 Å². The molecule has 28 heavy (non-hydrogen) atoms. The molecule has 0 N–H and O–H groups in total. The third-order valence-electron chi connectivity index (χ3n) is 3.87. The predicted octanol–water partition coefficient (Wildman–Crippen LogP) is 8.72. The molecule has 3 aromatic rings. The molecule has 0 aliphatic carbocycles. The number of nitrogens with zero attached hydrogens (tertiary/aromatic N) is 1. The number of anilines is 2. The molecule has 0 aliphatic heterocycles. The van der Waals surface area contributed by atoms with Crippen molar-refractivity contribution in [3.05, 3.63) is 95.6 Å². The quantitative estimate of drug-likeness (QED) is 0.439. The van der Waals surface area contributed by atoms with Gasteiger partial charge in [-0.05, 0) is 43.7 Å². The second-order valence-electron chi connectivity index (χ2n) is 5.74. The topological polar surface area (TPSA) is 3.24 Å². The molecule has 0 spiro atoms. The summed E-state index contributed by atoms with van der Waals surface area (Å²) in [5, 5.41) is 0. The Labute approximate surface area is 174 Å². The van der Waals surface area contributed by atoms with Gasteiger partial charge in [-0.25, -0.2) is 0 Å². The maximum atomic E-state index is 2.35. The molecule has 3 aromatic carbocycles. The molecule has 0 fully saturated rings. The highest BCUT2D eigenvalue weighted by Crippen LogP contribution is 2.27. The van der Waals surface area contributed by atoms with Crippen molar-refractivity contribution < 1.29 is 0 Å². The Morgan fingerprint density at radius 2 is 0.893 bits per heavy atom. The van der Waals surface area contributed by atoms with Crippen molar-refractivity contribution in [2.24, 2.45) is 0 Å². The molecule has 0 bridgehead atoms. The number of para-hydroxylation sites is 1. The van der Waals surface area contributed by atoms with E-state index in [1.54, 1.807) is 0 Å². The van der Waals surface area contributed by atoms with Crippen molar-refractivity contribution in [3.8, 4) is 0 Å². The first-order valence-electron chi connectivity index (χ1n) is 10.7. The van der Waals surface area contributed by atoms with Crippen LogP contribution in [0.3, 0.4) is 0 Å². The first-order valence-corrected chi connectivity index (χ1v) is 10.7. The third-order valence-corrected chi connectivity index (χ3v) is 3.87. The zero-order valence-electron chi connectivity index (χ0n) is 19.2. The Bertz CT molecular complexity index is 712. The van der Waals surface area contributed by atoms with Gasteiger partial charge in [0.15, 0.2) is 0 Å². The molecule has 0 aromatic heterocycles. The minimum Gasteiger partial charge on any atom is -0.337 e. The number of hydrogen-bond acceptors (Lipinski definition) is 1. The fourth-order valence-electron chi connectivity index (χ4n) is 2.54. The fourth-order valence-corrected chi connectivity index (χ4v) is 2.54. The maximum Gasteiger partial charge on any atom is 0.0481 e. The highest BCUT2D eigenvalue weighted by Gasteiger charge is 2.09. The summed E-state index contributed by atoms with van der Waals surface area (Å²) < 4.78 is 0. The van der Waals surface area contributed by atoms with Crippen LogP contribution in [-0.2, 0) is 6.54 Å². The van der Waals surface area contributed by atoms with Crippen molar-refractivity contribution >= 4 is 11.4 Å². The smallest absolute Gasteiger partial charge is 0.0481 e. The molecule has 3 rings (SSSR count). The zero-order chi connectivity index (χ0) is 21.4. The molecule has 0 heterocycles. The molecular weight excluding hydrogens is 338 g/mol. The van der Waals surface area contributed by atoms with Crippen molar-refractivity contribution in [2.75, 3.05) is 4.90 Å². The van der Waals surface area contributed by atoms with Crippen LogP contribution in [-0.4, -0.2) is 0 Å². The highest BCUT2D eigenvalue weighted by molar-refractivity contribution is 5.63. The summed E-state index contributed by atoms with van der Waals surface area (Å²) in [6.45, 7) is 17.1. The summed E-state index contributed by atoms with van der Waals surface area (Å²) in [7, 11) is 0. The maximum absolute atomic E-state index is 2.35. The van der Waals surface area contributed by atoms with Crippen LogP contribution in [0.5, 0.6) is 0 Å². The van der Waals surface area contributed by atoms with Crippen LogP contribution in [0.4, 0.5) is 11.4 Å². The van der Waals surface area contributed by atoms with Crippen LogP contribution in [0.25, 0.3) is 0 Å². The minimum atomic E-state index is 0.868. The number of hydrogen-bond donors (Lipinski definition) is 0. The normalized spacial score (nSPS) is 8.86. The molecule has 0 aliphatic rings. The van der Waals surface area contributed by atoms with Gasteiger partial charge in [-0.3, -0.25) is 0 Å². The summed E-state index contributed by atoms with van der Waals surface area (Å²) in [4.78, 5) is 2.35. The molecule has 152 valence electrons. The van der Waals surface area contributed by atoms with Gasteiger partial charge in [0.05, 0.1) is 0 Å². The molecule has 0 saturated heterocycles. The van der Waals surface area contributed by atoms with Gasteiger partial charge in [-0.2, -0.15) is 0 Å². The second-order valence-corrected chi connectivity index (χ2v) is 5.74. The highest BCUT2D eigenvalue weighted by atomic mass is 15.1. The Morgan fingerprint density at radius 3 is 1.36 bits per heavy atom. The van der Waals surface area contributed by atoms with Crippen LogP contribution >= 0.6 is 0 Å². The fraction of sp³-hybridized carbons (Fsp3) is 0.333. The van der Waals surface area contributed by atoms with Crippen molar-refractivity contribution in [1.29, 1.82) is 0 Å². The summed E-state index contributed by atoms with van der Waals surface area (Å²) in [5.41, 5.74) is 6.33. The number of aryl methyl sites for hydroxylation is 2. The monoisotopic (exact) mass is 377 g/mol. The van der Waals surface area contributed by atoms with Gasteiger partial charge in [0.1, 0.15) is 0 Å². The van der Waals surface area contributed by atoms with Gasteiger partial charge in [0.2, 0.25) is 0 Å². The van der Waals surface area contributed by atoms with Crippen LogP contribution in [0, 0.1) is 13.8 Å². The first-order chi connectivity index (χ1) is 13.7.